The van der Waals surface area contributed by atoms with Crippen LogP contribution in [0.25, 0.3) is 0 Å². The molecule has 0 saturated heterocycles. The van der Waals surface area contributed by atoms with Crippen LogP contribution in [0.5, 0.6) is 0 Å². The molecule has 0 radical (unpaired) electrons. The van der Waals surface area contributed by atoms with Crippen molar-refractivity contribution < 1.29 is 19.4 Å². The predicted molar refractivity (Wildman–Crippen MR) is 166 cm³/mol. The van der Waals surface area contributed by atoms with Crippen molar-refractivity contribution in [2.45, 2.75) is 174 Å². The van der Waals surface area contributed by atoms with Gasteiger partial charge in [0.05, 0.1) is 0 Å². The van der Waals surface area contributed by atoms with E-state index >= 15 is 0 Å². The minimum Gasteiger partial charge on any atom is -0.481 e. The topological polar surface area (TPSA) is 66.8 Å². The Bertz CT molecular complexity index is 576. The number of aliphatic carboxylic acids is 1. The summed E-state index contributed by atoms with van der Waals surface area (Å²) >= 11 is 0. The molecule has 5 heteroatoms. The molecule has 0 aromatic rings. The Balaban J connectivity index is 3.84. The quantitative estimate of drug-likeness (QED) is 0.0546. The van der Waals surface area contributed by atoms with Crippen LogP contribution in [0.2, 0.25) is 0 Å². The number of unbranched alkanes of at least 4 members (excludes halogenated alkanes) is 17. The van der Waals surface area contributed by atoms with Crippen LogP contribution in [0.3, 0.4) is 0 Å². The lowest BCUT2D eigenvalue weighted by Crippen LogP contribution is -2.20. The molecule has 0 aliphatic carbocycles. The second-order valence-corrected chi connectivity index (χ2v) is 11.8. The first-order valence-corrected chi connectivity index (χ1v) is 16.7. The molecule has 1 atom stereocenters. The summed E-state index contributed by atoms with van der Waals surface area (Å²) in [6.45, 7) is 3.20. The van der Waals surface area contributed by atoms with Gasteiger partial charge in [-0.1, -0.05) is 103 Å². The minimum absolute atomic E-state index is 0.00428. The van der Waals surface area contributed by atoms with Gasteiger partial charge in [-0.05, 0) is 84.8 Å². The molecule has 0 fully saturated rings. The van der Waals surface area contributed by atoms with Gasteiger partial charge in [0.15, 0.2) is 0 Å². The lowest BCUT2D eigenvalue weighted by molar-refractivity contribution is -0.150. The van der Waals surface area contributed by atoms with Gasteiger partial charge in [0.2, 0.25) is 0 Å². The molecule has 0 rings (SSSR count). The van der Waals surface area contributed by atoms with Crippen LogP contribution >= 0.6 is 0 Å². The van der Waals surface area contributed by atoms with Crippen LogP contribution in [-0.4, -0.2) is 48.7 Å². The summed E-state index contributed by atoms with van der Waals surface area (Å²) in [5, 5.41) is 8.64. The van der Waals surface area contributed by atoms with Gasteiger partial charge in [0, 0.05) is 12.8 Å². The highest BCUT2D eigenvalue weighted by molar-refractivity contribution is 5.69. The van der Waals surface area contributed by atoms with Gasteiger partial charge in [0.25, 0.3) is 0 Å². The molecule has 0 aliphatic heterocycles. The van der Waals surface area contributed by atoms with Crippen LogP contribution in [0.15, 0.2) is 12.2 Å². The fraction of sp³-hybridized carbons (Fsp3) is 0.882. The summed E-state index contributed by atoms with van der Waals surface area (Å²) in [7, 11) is 4.09. The number of carboxylic acids is 1. The van der Waals surface area contributed by atoms with Crippen molar-refractivity contribution in [3.05, 3.63) is 12.2 Å². The van der Waals surface area contributed by atoms with Crippen molar-refractivity contribution in [2.75, 3.05) is 20.6 Å². The molecule has 39 heavy (non-hydrogen) atoms. The molecule has 0 aromatic carbocycles. The maximum absolute atomic E-state index is 12.4. The Morgan fingerprint density at radius 1 is 0.641 bits per heavy atom. The van der Waals surface area contributed by atoms with Crippen LogP contribution < -0.4 is 0 Å². The highest BCUT2D eigenvalue weighted by Crippen LogP contribution is 2.18. The van der Waals surface area contributed by atoms with E-state index in [1.807, 2.05) is 14.1 Å². The van der Waals surface area contributed by atoms with Gasteiger partial charge in [0.1, 0.15) is 6.10 Å². The molecular formula is C34H65NO4. The van der Waals surface area contributed by atoms with Crippen LogP contribution in [0, 0.1) is 0 Å². The number of hydrogen-bond acceptors (Lipinski definition) is 4. The van der Waals surface area contributed by atoms with E-state index in [1.165, 1.54) is 103 Å². The summed E-state index contributed by atoms with van der Waals surface area (Å²) in [5.74, 6) is -0.687. The first-order chi connectivity index (χ1) is 19.0. The Kier molecular flexibility index (Phi) is 28.6. The van der Waals surface area contributed by atoms with Gasteiger partial charge in [-0.2, -0.15) is 0 Å². The zero-order valence-corrected chi connectivity index (χ0v) is 26.2. The van der Waals surface area contributed by atoms with Crippen LogP contribution in [0.1, 0.15) is 167 Å². The summed E-state index contributed by atoms with van der Waals surface area (Å²) in [5.41, 5.74) is 0. The number of carboxylic acid groups (broad SMARTS) is 1. The first-order valence-electron chi connectivity index (χ1n) is 16.7. The molecule has 230 valence electrons. The molecule has 0 bridgehead atoms. The smallest absolute Gasteiger partial charge is 0.306 e. The van der Waals surface area contributed by atoms with Crippen molar-refractivity contribution in [3.63, 3.8) is 0 Å². The second kappa shape index (κ2) is 29.6. The fourth-order valence-corrected chi connectivity index (χ4v) is 5.02. The minimum atomic E-state index is -0.683. The molecule has 5 nitrogen and oxygen atoms in total. The summed E-state index contributed by atoms with van der Waals surface area (Å²) in [6, 6.07) is 0. The molecule has 1 N–H and O–H groups in total. The standard InChI is InChI=1S/C34H65NO4/c1-4-5-6-7-17-20-23-27-32(39-34(38)30-26-31-35(2)3)28-24-21-18-15-13-11-9-8-10-12-14-16-19-22-25-29-33(36)37/h12,14,32H,4-11,13,15-31H2,1-3H3,(H,36,37). The SMILES string of the molecule is CCCCCCCCCC(CCCCCCCCCCC=CCCCCCC(=O)O)OC(=O)CCCN(C)C. The van der Waals surface area contributed by atoms with E-state index in [-0.39, 0.29) is 12.1 Å². The van der Waals surface area contributed by atoms with Gasteiger partial charge in [-0.15, -0.1) is 0 Å². The number of carbonyl (C=O) groups excluding carboxylic acids is 1. The van der Waals surface area contributed by atoms with Crippen molar-refractivity contribution in [2.24, 2.45) is 0 Å². The number of ether oxygens (including phenoxy) is 1. The molecule has 1 unspecified atom stereocenters. The predicted octanol–water partition coefficient (Wildman–Crippen LogP) is 9.87. The van der Waals surface area contributed by atoms with Crippen molar-refractivity contribution in [1.82, 2.24) is 4.90 Å². The van der Waals surface area contributed by atoms with Crippen LogP contribution in [-0.2, 0) is 14.3 Å². The summed E-state index contributed by atoms with van der Waals surface area (Å²) < 4.78 is 5.93. The Morgan fingerprint density at radius 2 is 1.10 bits per heavy atom. The molecule has 0 heterocycles. The molecule has 0 saturated carbocycles. The molecule has 0 spiro atoms. The lowest BCUT2D eigenvalue weighted by atomic mass is 10.0. The Hall–Kier alpha value is -1.36. The van der Waals surface area contributed by atoms with E-state index in [9.17, 15) is 9.59 Å². The zero-order chi connectivity index (χ0) is 28.8. The Labute approximate surface area is 242 Å². The van der Waals surface area contributed by atoms with Crippen molar-refractivity contribution in [3.8, 4) is 0 Å². The number of carbonyl (C=O) groups is 2. The third kappa shape index (κ3) is 31.0. The summed E-state index contributed by atoms with van der Waals surface area (Å²) in [6.07, 6.45) is 33.0. The van der Waals surface area contributed by atoms with Gasteiger partial charge < -0.3 is 14.7 Å². The van der Waals surface area contributed by atoms with E-state index in [2.05, 4.69) is 24.0 Å². The maximum atomic E-state index is 12.4. The molecular weight excluding hydrogens is 486 g/mol. The second-order valence-electron chi connectivity index (χ2n) is 11.8. The van der Waals surface area contributed by atoms with Crippen LogP contribution in [0.4, 0.5) is 0 Å². The average molecular weight is 552 g/mol. The number of hydrogen-bond donors (Lipinski definition) is 1. The fourth-order valence-electron chi connectivity index (χ4n) is 5.02. The normalized spacial score (nSPS) is 12.4. The monoisotopic (exact) mass is 551 g/mol. The summed E-state index contributed by atoms with van der Waals surface area (Å²) in [4.78, 5) is 25.0. The molecule has 0 aromatic heterocycles. The van der Waals surface area contributed by atoms with E-state index < -0.39 is 5.97 Å². The van der Waals surface area contributed by atoms with Gasteiger partial charge >= 0.3 is 11.9 Å². The van der Waals surface area contributed by atoms with E-state index in [4.69, 9.17) is 9.84 Å². The molecule has 0 aliphatic rings. The van der Waals surface area contributed by atoms with E-state index in [1.54, 1.807) is 0 Å². The first kappa shape index (κ1) is 37.6. The molecule has 0 amide bonds. The van der Waals surface area contributed by atoms with Gasteiger partial charge in [-0.3, -0.25) is 9.59 Å². The number of rotatable bonds is 30. The zero-order valence-electron chi connectivity index (χ0n) is 26.2. The highest BCUT2D eigenvalue weighted by Gasteiger charge is 2.14. The third-order valence-corrected chi connectivity index (χ3v) is 7.49. The largest absolute Gasteiger partial charge is 0.481 e. The van der Waals surface area contributed by atoms with Crippen molar-refractivity contribution in [1.29, 1.82) is 0 Å². The van der Waals surface area contributed by atoms with E-state index in [0.717, 1.165) is 51.5 Å². The van der Waals surface area contributed by atoms with E-state index in [0.29, 0.717) is 12.8 Å². The number of allylic oxidation sites excluding steroid dienone is 2. The van der Waals surface area contributed by atoms with Gasteiger partial charge in [-0.25, -0.2) is 0 Å². The lowest BCUT2D eigenvalue weighted by Gasteiger charge is -2.18. The number of nitrogens with zero attached hydrogens (tertiary/aromatic N) is 1. The average Bonchev–Trinajstić information content (AvgIpc) is 2.89. The Morgan fingerprint density at radius 3 is 1.59 bits per heavy atom. The maximum Gasteiger partial charge on any atom is 0.306 e. The number of esters is 1. The van der Waals surface area contributed by atoms with Crippen molar-refractivity contribution >= 4 is 11.9 Å². The highest BCUT2D eigenvalue weighted by atomic mass is 16.5. The third-order valence-electron chi connectivity index (χ3n) is 7.49.